The number of nitrogens with zero attached hydrogens (tertiary/aromatic N) is 2. The molecule has 2 rings (SSSR count). The van der Waals surface area contributed by atoms with Crippen LogP contribution in [0.2, 0.25) is 5.15 Å². The highest BCUT2D eigenvalue weighted by Crippen LogP contribution is 2.34. The molecule has 2 N–H and O–H groups in total. The quantitative estimate of drug-likeness (QED) is 0.835. The van der Waals surface area contributed by atoms with E-state index in [1.54, 1.807) is 6.07 Å². The van der Waals surface area contributed by atoms with Gasteiger partial charge in [-0.05, 0) is 23.8 Å². The second-order valence-electron chi connectivity index (χ2n) is 4.57. The average molecular weight is 366 g/mol. The molecule has 5 nitrogen and oxygen atoms in total. The number of nitrogens with two attached hydrogens (primary N) is 1. The average Bonchev–Trinajstić information content (AvgIpc) is 2.40. The zero-order valence-electron chi connectivity index (χ0n) is 11.5. The first kappa shape index (κ1) is 17.5. The van der Waals surface area contributed by atoms with E-state index in [1.807, 2.05) is 0 Å². The van der Waals surface area contributed by atoms with Crippen LogP contribution in [0.3, 0.4) is 0 Å². The first-order valence-corrected chi connectivity index (χ1v) is 8.07. The topological polar surface area (TPSA) is 76.3 Å². The number of allylic oxidation sites excluding steroid dienone is 4. The zero-order valence-corrected chi connectivity index (χ0v) is 13.0. The molecule has 1 aromatic heterocycles. The summed E-state index contributed by atoms with van der Waals surface area (Å²) in [4.78, 5) is 3.15. The molecule has 2 heterocycles. The number of hydrogen-bond donors (Lipinski definition) is 1. The van der Waals surface area contributed by atoms with Crippen LogP contribution in [-0.4, -0.2) is 24.5 Å². The predicted molar refractivity (Wildman–Crippen MR) is 79.3 cm³/mol. The van der Waals surface area contributed by atoms with Crippen molar-refractivity contribution < 1.29 is 21.6 Å². The highest BCUT2D eigenvalue weighted by Gasteiger charge is 2.44. The van der Waals surface area contributed by atoms with Crippen molar-refractivity contribution >= 4 is 21.6 Å². The second kappa shape index (κ2) is 6.34. The van der Waals surface area contributed by atoms with Crippen LogP contribution in [0.15, 0.2) is 53.4 Å². The third-order valence-corrected chi connectivity index (χ3v) is 4.09. The summed E-state index contributed by atoms with van der Waals surface area (Å²) in [5, 5.41) is 4.99. The number of hydrogen-bond acceptors (Lipinski definition) is 4. The third kappa shape index (κ3) is 4.34. The minimum absolute atomic E-state index is 0.0323. The fourth-order valence-electron chi connectivity index (χ4n) is 1.97. The third-order valence-electron chi connectivity index (χ3n) is 2.86. The molecular formula is C13H11ClF3N3O2S. The molecule has 0 fully saturated rings. The van der Waals surface area contributed by atoms with Gasteiger partial charge in [0.2, 0.25) is 10.0 Å². The summed E-state index contributed by atoms with van der Waals surface area (Å²) >= 11 is 5.65. The maximum atomic E-state index is 13.1. The Morgan fingerprint density at radius 1 is 1.30 bits per heavy atom. The van der Waals surface area contributed by atoms with E-state index in [0.717, 1.165) is 11.0 Å². The monoisotopic (exact) mass is 365 g/mol. The molecule has 10 heteroatoms. The molecule has 1 aromatic rings. The molecule has 0 amide bonds. The second-order valence-corrected chi connectivity index (χ2v) is 6.46. The Morgan fingerprint density at radius 3 is 2.52 bits per heavy atom. The molecular weight excluding hydrogens is 355 g/mol. The largest absolute Gasteiger partial charge is 0.430 e. The van der Waals surface area contributed by atoms with E-state index in [1.165, 1.54) is 30.6 Å². The minimum Gasteiger partial charge on any atom is -0.342 e. The standard InChI is InChI=1S/C13H11ClF3N3O2S/c14-11-5-4-9(7-19-11)8-20-6-2-1-3-10(20)12(13(15,16)17)23(18,21)22/h1-7H,8H2,(H2,18,21,22). The van der Waals surface area contributed by atoms with Crippen LogP contribution >= 0.6 is 11.6 Å². The number of pyridine rings is 1. The Kier molecular flexibility index (Phi) is 4.83. The van der Waals surface area contributed by atoms with Gasteiger partial charge in [-0.3, -0.25) is 0 Å². The Hall–Kier alpha value is -1.84. The van der Waals surface area contributed by atoms with Gasteiger partial charge in [-0.25, -0.2) is 18.5 Å². The van der Waals surface area contributed by atoms with Gasteiger partial charge in [0.15, 0.2) is 4.91 Å². The van der Waals surface area contributed by atoms with Crippen molar-refractivity contribution in [3.8, 4) is 0 Å². The van der Waals surface area contributed by atoms with Crippen LogP contribution < -0.4 is 5.14 Å². The van der Waals surface area contributed by atoms with Crippen molar-refractivity contribution in [2.75, 3.05) is 0 Å². The molecule has 0 saturated carbocycles. The van der Waals surface area contributed by atoms with Gasteiger partial charge in [-0.1, -0.05) is 23.7 Å². The molecule has 23 heavy (non-hydrogen) atoms. The fourth-order valence-corrected chi connectivity index (χ4v) is 2.88. The van der Waals surface area contributed by atoms with Gasteiger partial charge in [-0.15, -0.1) is 0 Å². The molecule has 0 radical (unpaired) electrons. The van der Waals surface area contributed by atoms with Crippen molar-refractivity contribution in [2.24, 2.45) is 5.14 Å². The Bertz CT molecular complexity index is 784. The van der Waals surface area contributed by atoms with E-state index in [0.29, 0.717) is 5.56 Å². The van der Waals surface area contributed by atoms with Crippen molar-refractivity contribution in [1.29, 1.82) is 0 Å². The van der Waals surface area contributed by atoms with Crippen LogP contribution in [0.25, 0.3) is 0 Å². The lowest BCUT2D eigenvalue weighted by atomic mass is 10.2. The predicted octanol–water partition coefficient (Wildman–Crippen LogP) is 2.68. The van der Waals surface area contributed by atoms with Crippen LogP contribution in [0.1, 0.15) is 5.56 Å². The lowest BCUT2D eigenvalue weighted by Crippen LogP contribution is -2.32. The van der Waals surface area contributed by atoms with E-state index in [9.17, 15) is 21.6 Å². The fraction of sp³-hybridized carbons (Fsp3) is 0.154. The summed E-state index contributed by atoms with van der Waals surface area (Å²) in [5.41, 5.74) is -0.0137. The molecule has 1 aliphatic heterocycles. The summed E-state index contributed by atoms with van der Waals surface area (Å²) in [6, 6.07) is 3.05. The maximum Gasteiger partial charge on any atom is 0.430 e. The molecule has 1 aliphatic rings. The number of halogens is 4. The van der Waals surface area contributed by atoms with Crippen molar-refractivity contribution in [3.05, 3.63) is 64.1 Å². The molecule has 0 spiro atoms. The summed E-state index contributed by atoms with van der Waals surface area (Å²) < 4.78 is 62.2. The van der Waals surface area contributed by atoms with E-state index in [4.69, 9.17) is 16.7 Å². The normalized spacial score (nSPS) is 17.5. The van der Waals surface area contributed by atoms with Crippen LogP contribution in [0.4, 0.5) is 13.2 Å². The van der Waals surface area contributed by atoms with Crippen molar-refractivity contribution in [3.63, 3.8) is 0 Å². The molecule has 0 bridgehead atoms. The lowest BCUT2D eigenvalue weighted by molar-refractivity contribution is -0.0859. The molecule has 0 aromatic carbocycles. The maximum absolute atomic E-state index is 13.1. The Morgan fingerprint density at radius 2 is 2.00 bits per heavy atom. The number of sulfonamides is 1. The summed E-state index contributed by atoms with van der Waals surface area (Å²) in [7, 11) is -4.96. The smallest absolute Gasteiger partial charge is 0.342 e. The van der Waals surface area contributed by atoms with Gasteiger partial charge in [0.25, 0.3) is 0 Å². The highest BCUT2D eigenvalue weighted by molar-refractivity contribution is 7.93. The lowest BCUT2D eigenvalue weighted by Gasteiger charge is -2.26. The Labute approximate surface area is 135 Å². The van der Waals surface area contributed by atoms with Gasteiger partial charge >= 0.3 is 6.18 Å². The van der Waals surface area contributed by atoms with E-state index < -0.39 is 26.8 Å². The van der Waals surface area contributed by atoms with E-state index >= 15 is 0 Å². The summed E-state index contributed by atoms with van der Waals surface area (Å²) in [5.74, 6) is 0. The summed E-state index contributed by atoms with van der Waals surface area (Å²) in [6.07, 6.45) is 1.40. The van der Waals surface area contributed by atoms with E-state index in [-0.39, 0.29) is 11.7 Å². The van der Waals surface area contributed by atoms with Gasteiger partial charge < -0.3 is 4.90 Å². The summed E-state index contributed by atoms with van der Waals surface area (Å²) in [6.45, 7) is -0.0323. The first-order chi connectivity index (χ1) is 10.6. The number of rotatable bonds is 3. The highest BCUT2D eigenvalue weighted by atomic mass is 35.5. The molecule has 0 saturated heterocycles. The molecule has 0 aliphatic carbocycles. The van der Waals surface area contributed by atoms with Crippen LogP contribution in [0.5, 0.6) is 0 Å². The molecule has 0 unspecified atom stereocenters. The van der Waals surface area contributed by atoms with Crippen molar-refractivity contribution in [2.45, 2.75) is 12.7 Å². The van der Waals surface area contributed by atoms with Crippen LogP contribution in [0, 0.1) is 0 Å². The van der Waals surface area contributed by atoms with Crippen molar-refractivity contribution in [1.82, 2.24) is 9.88 Å². The molecule has 0 atom stereocenters. The zero-order chi connectivity index (χ0) is 17.3. The Balaban J connectivity index is 2.49. The first-order valence-electron chi connectivity index (χ1n) is 6.15. The van der Waals surface area contributed by atoms with Gasteiger partial charge in [0.1, 0.15) is 5.15 Å². The van der Waals surface area contributed by atoms with E-state index in [2.05, 4.69) is 4.98 Å². The van der Waals surface area contributed by atoms with Gasteiger partial charge in [0.05, 0.1) is 5.70 Å². The van der Waals surface area contributed by atoms with Crippen LogP contribution in [-0.2, 0) is 16.6 Å². The minimum atomic E-state index is -5.12. The number of primary sulfonamides is 1. The van der Waals surface area contributed by atoms with Gasteiger partial charge in [-0.2, -0.15) is 13.2 Å². The number of aromatic nitrogens is 1. The van der Waals surface area contributed by atoms with Gasteiger partial charge in [0, 0.05) is 18.9 Å². The number of alkyl halides is 3. The SMILES string of the molecule is NS(=O)(=O)C(=C1C=CC=CN1Cc1ccc(Cl)nc1)C(F)(F)F. The molecule has 124 valence electrons.